The summed E-state index contributed by atoms with van der Waals surface area (Å²) in [4.78, 5) is -0.120. The summed E-state index contributed by atoms with van der Waals surface area (Å²) in [6.07, 6.45) is -9.69. The second-order valence-electron chi connectivity index (χ2n) is 2.39. The topological polar surface area (TPSA) is 3.24 Å². The lowest BCUT2D eigenvalue weighted by atomic mass is 10.3. The van der Waals surface area contributed by atoms with Gasteiger partial charge in [-0.25, -0.2) is 9.29 Å². The van der Waals surface area contributed by atoms with Crippen molar-refractivity contribution in [1.82, 2.24) is 4.90 Å². The molecule has 0 aliphatic rings. The molecule has 0 spiro atoms. The zero-order valence-electron chi connectivity index (χ0n) is 6.29. The van der Waals surface area contributed by atoms with Crippen LogP contribution in [0.2, 0.25) is 0 Å². The predicted octanol–water partition coefficient (Wildman–Crippen LogP) is 2.04. The summed E-state index contributed by atoms with van der Waals surface area (Å²) < 4.78 is 70.8. The molecule has 0 radical (unpaired) electrons. The van der Waals surface area contributed by atoms with E-state index in [-0.39, 0.29) is 4.90 Å². The molecule has 0 aromatic carbocycles. The standard InChI is InChI=1S/C5H7F6N/c1-12(2)5(10,11)3(6)4(7,8)9/h3H,1-2H3/t3-/m0/s1. The van der Waals surface area contributed by atoms with Crippen LogP contribution in [-0.4, -0.2) is 37.4 Å². The average molecular weight is 195 g/mol. The Balaban J connectivity index is 4.57. The van der Waals surface area contributed by atoms with Crippen molar-refractivity contribution < 1.29 is 26.3 Å². The van der Waals surface area contributed by atoms with Crippen LogP contribution >= 0.6 is 0 Å². The molecular weight excluding hydrogens is 188 g/mol. The van der Waals surface area contributed by atoms with Crippen LogP contribution in [0.25, 0.3) is 0 Å². The number of rotatable bonds is 2. The van der Waals surface area contributed by atoms with Crippen LogP contribution in [0.5, 0.6) is 0 Å². The van der Waals surface area contributed by atoms with Crippen molar-refractivity contribution >= 4 is 0 Å². The van der Waals surface area contributed by atoms with Crippen molar-refractivity contribution in [2.24, 2.45) is 0 Å². The molecule has 1 nitrogen and oxygen atoms in total. The summed E-state index contributed by atoms with van der Waals surface area (Å²) in [5.41, 5.74) is 0. The minimum atomic E-state index is -5.53. The number of halogens is 6. The fourth-order valence-electron chi connectivity index (χ4n) is 0.424. The third kappa shape index (κ3) is 2.26. The lowest BCUT2D eigenvalue weighted by Crippen LogP contribution is -2.50. The van der Waals surface area contributed by atoms with Gasteiger partial charge in [0.25, 0.3) is 6.17 Å². The first-order chi connectivity index (χ1) is 5.10. The summed E-state index contributed by atoms with van der Waals surface area (Å²) in [6.45, 7) is 0. The summed E-state index contributed by atoms with van der Waals surface area (Å²) in [5, 5.41) is 0. The molecule has 0 aromatic rings. The minimum Gasteiger partial charge on any atom is -0.248 e. The Kier molecular flexibility index (Phi) is 3.00. The zero-order chi connectivity index (χ0) is 10.2. The number of hydrogen-bond donors (Lipinski definition) is 0. The normalized spacial score (nSPS) is 16.8. The highest BCUT2D eigenvalue weighted by Crippen LogP contribution is 2.35. The maximum absolute atomic E-state index is 12.3. The molecular formula is C5H7F6N. The lowest BCUT2D eigenvalue weighted by Gasteiger charge is -2.27. The Labute approximate surface area is 65.0 Å². The molecule has 7 heteroatoms. The molecule has 0 aliphatic heterocycles. The lowest BCUT2D eigenvalue weighted by molar-refractivity contribution is -0.280. The van der Waals surface area contributed by atoms with Gasteiger partial charge in [-0.15, -0.1) is 0 Å². The molecule has 1 atom stereocenters. The predicted molar refractivity (Wildman–Crippen MR) is 29.6 cm³/mol. The van der Waals surface area contributed by atoms with Gasteiger partial charge in [0.15, 0.2) is 0 Å². The van der Waals surface area contributed by atoms with Crippen LogP contribution in [0, 0.1) is 0 Å². The highest BCUT2D eigenvalue weighted by molar-refractivity contribution is 4.80. The van der Waals surface area contributed by atoms with Crippen molar-refractivity contribution in [3.8, 4) is 0 Å². The second-order valence-corrected chi connectivity index (χ2v) is 2.39. The molecule has 0 heterocycles. The van der Waals surface area contributed by atoms with E-state index in [0.717, 1.165) is 0 Å². The van der Waals surface area contributed by atoms with E-state index in [4.69, 9.17) is 0 Å². The molecule has 0 aromatic heterocycles. The highest BCUT2D eigenvalue weighted by Gasteiger charge is 2.58. The van der Waals surface area contributed by atoms with Crippen LogP contribution in [0.15, 0.2) is 0 Å². The van der Waals surface area contributed by atoms with Gasteiger partial charge in [-0.05, 0) is 14.1 Å². The fourth-order valence-corrected chi connectivity index (χ4v) is 0.424. The summed E-state index contributed by atoms with van der Waals surface area (Å²) in [7, 11) is 1.33. The van der Waals surface area contributed by atoms with E-state index in [0.29, 0.717) is 14.1 Å². The van der Waals surface area contributed by atoms with Crippen molar-refractivity contribution in [2.75, 3.05) is 14.1 Å². The Morgan fingerprint density at radius 3 is 1.42 bits per heavy atom. The van der Waals surface area contributed by atoms with Crippen LogP contribution in [0.4, 0.5) is 26.3 Å². The van der Waals surface area contributed by atoms with Gasteiger partial charge in [-0.2, -0.15) is 22.0 Å². The molecule has 0 saturated heterocycles. The number of alkyl halides is 6. The molecule has 0 bridgehead atoms. The average Bonchev–Trinajstić information content (AvgIpc) is 1.83. The molecule has 0 unspecified atom stereocenters. The Morgan fingerprint density at radius 2 is 1.33 bits per heavy atom. The van der Waals surface area contributed by atoms with Crippen LogP contribution in [0.1, 0.15) is 0 Å². The molecule has 0 amide bonds. The van der Waals surface area contributed by atoms with E-state index in [1.165, 1.54) is 0 Å². The molecule has 74 valence electrons. The first-order valence-corrected chi connectivity index (χ1v) is 2.86. The molecule has 0 aliphatic carbocycles. The van der Waals surface area contributed by atoms with E-state index < -0.39 is 18.4 Å². The van der Waals surface area contributed by atoms with E-state index in [1.54, 1.807) is 0 Å². The SMILES string of the molecule is CN(C)C(F)(F)[C@@H](F)C(F)(F)F. The molecule has 0 rings (SSSR count). The number of nitrogens with zero attached hydrogens (tertiary/aromatic N) is 1. The van der Waals surface area contributed by atoms with E-state index in [2.05, 4.69) is 0 Å². The maximum atomic E-state index is 12.3. The van der Waals surface area contributed by atoms with Gasteiger partial charge >= 0.3 is 12.2 Å². The second kappa shape index (κ2) is 3.12. The minimum absolute atomic E-state index is 0.120. The first-order valence-electron chi connectivity index (χ1n) is 2.86. The quantitative estimate of drug-likeness (QED) is 0.481. The van der Waals surface area contributed by atoms with Crippen molar-refractivity contribution in [3.05, 3.63) is 0 Å². The Morgan fingerprint density at radius 1 is 1.00 bits per heavy atom. The van der Waals surface area contributed by atoms with Crippen LogP contribution < -0.4 is 0 Å². The van der Waals surface area contributed by atoms with Crippen molar-refractivity contribution in [1.29, 1.82) is 0 Å². The highest BCUT2D eigenvalue weighted by atomic mass is 19.4. The molecule has 12 heavy (non-hydrogen) atoms. The van der Waals surface area contributed by atoms with E-state index in [1.807, 2.05) is 0 Å². The summed E-state index contributed by atoms with van der Waals surface area (Å²) in [6, 6.07) is -4.52. The van der Waals surface area contributed by atoms with Crippen molar-refractivity contribution in [2.45, 2.75) is 18.4 Å². The smallest absolute Gasteiger partial charge is 0.248 e. The molecule has 0 fully saturated rings. The van der Waals surface area contributed by atoms with Gasteiger partial charge in [0.2, 0.25) is 0 Å². The molecule has 0 N–H and O–H groups in total. The maximum Gasteiger partial charge on any atom is 0.427 e. The zero-order valence-corrected chi connectivity index (χ0v) is 6.29. The van der Waals surface area contributed by atoms with Gasteiger partial charge in [0, 0.05) is 0 Å². The largest absolute Gasteiger partial charge is 0.427 e. The number of hydrogen-bond acceptors (Lipinski definition) is 1. The van der Waals surface area contributed by atoms with Crippen molar-refractivity contribution in [3.63, 3.8) is 0 Å². The molecule has 0 saturated carbocycles. The Bertz CT molecular complexity index is 151. The van der Waals surface area contributed by atoms with Gasteiger partial charge in [-0.1, -0.05) is 0 Å². The van der Waals surface area contributed by atoms with Gasteiger partial charge in [-0.3, -0.25) is 0 Å². The van der Waals surface area contributed by atoms with Crippen LogP contribution in [0.3, 0.4) is 0 Å². The van der Waals surface area contributed by atoms with Gasteiger partial charge < -0.3 is 0 Å². The third-order valence-electron chi connectivity index (χ3n) is 1.19. The first kappa shape index (κ1) is 11.5. The van der Waals surface area contributed by atoms with E-state index >= 15 is 0 Å². The van der Waals surface area contributed by atoms with Crippen LogP contribution in [-0.2, 0) is 0 Å². The monoisotopic (exact) mass is 195 g/mol. The summed E-state index contributed by atoms with van der Waals surface area (Å²) in [5.74, 6) is 0. The van der Waals surface area contributed by atoms with Gasteiger partial charge in [0.1, 0.15) is 0 Å². The van der Waals surface area contributed by atoms with Gasteiger partial charge in [0.05, 0.1) is 0 Å². The third-order valence-corrected chi connectivity index (χ3v) is 1.19. The Hall–Kier alpha value is -0.460. The fraction of sp³-hybridized carbons (Fsp3) is 1.00. The summed E-state index contributed by atoms with van der Waals surface area (Å²) >= 11 is 0. The van der Waals surface area contributed by atoms with E-state index in [9.17, 15) is 26.3 Å².